The lowest BCUT2D eigenvalue weighted by Gasteiger charge is -2.36. The van der Waals surface area contributed by atoms with E-state index in [0.717, 1.165) is 64.5 Å². The maximum absolute atomic E-state index is 13.0. The molecule has 0 aromatic heterocycles. The van der Waals surface area contributed by atoms with E-state index in [0.29, 0.717) is 0 Å². The molecule has 3 aromatic carbocycles. The van der Waals surface area contributed by atoms with E-state index in [1.807, 2.05) is 23.1 Å². The third-order valence-corrected chi connectivity index (χ3v) is 6.79. The molecule has 2 fully saturated rings. The molecule has 0 atom stereocenters. The van der Waals surface area contributed by atoms with Gasteiger partial charge in [0.1, 0.15) is 0 Å². The summed E-state index contributed by atoms with van der Waals surface area (Å²) in [5.41, 5.74) is 4.61. The van der Waals surface area contributed by atoms with E-state index in [2.05, 4.69) is 81.4 Å². The Bertz CT molecular complexity index is 1020. The van der Waals surface area contributed by atoms with Crippen molar-refractivity contribution in [2.24, 2.45) is 0 Å². The molecule has 2 heterocycles. The lowest BCUT2D eigenvalue weighted by atomic mass is 10.1. The van der Waals surface area contributed by atoms with Crippen LogP contribution in [0.2, 0.25) is 0 Å². The van der Waals surface area contributed by atoms with Crippen molar-refractivity contribution in [3.63, 3.8) is 0 Å². The molecule has 170 valence electrons. The summed E-state index contributed by atoms with van der Waals surface area (Å²) in [6.07, 6.45) is 0. The number of carbonyl (C=O) groups excluding carboxylic acids is 1. The number of hydrogen-bond acceptors (Lipinski definition) is 4. The molecule has 5 heteroatoms. The number of nitrogens with zero attached hydrogens (tertiary/aromatic N) is 4. The van der Waals surface area contributed by atoms with Crippen LogP contribution >= 0.6 is 0 Å². The molecule has 2 aliphatic rings. The second-order valence-electron chi connectivity index (χ2n) is 8.91. The van der Waals surface area contributed by atoms with Crippen molar-refractivity contribution in [1.29, 1.82) is 0 Å². The van der Waals surface area contributed by atoms with Crippen LogP contribution in [-0.4, -0.2) is 68.1 Å². The smallest absolute Gasteiger partial charge is 0.253 e. The summed E-state index contributed by atoms with van der Waals surface area (Å²) >= 11 is 0. The van der Waals surface area contributed by atoms with Crippen LogP contribution in [0, 0.1) is 0 Å². The predicted molar refractivity (Wildman–Crippen MR) is 135 cm³/mol. The number of piperazine rings is 2. The molecule has 2 aliphatic heterocycles. The van der Waals surface area contributed by atoms with Gasteiger partial charge in [-0.2, -0.15) is 0 Å². The van der Waals surface area contributed by atoms with Gasteiger partial charge in [-0.15, -0.1) is 0 Å². The molecule has 5 nitrogen and oxygen atoms in total. The Morgan fingerprint density at radius 1 is 0.576 bits per heavy atom. The molecule has 2 saturated heterocycles. The van der Waals surface area contributed by atoms with E-state index in [9.17, 15) is 4.79 Å². The van der Waals surface area contributed by atoms with Crippen molar-refractivity contribution < 1.29 is 4.79 Å². The van der Waals surface area contributed by atoms with E-state index >= 15 is 0 Å². The Labute approximate surface area is 196 Å². The summed E-state index contributed by atoms with van der Waals surface area (Å²) in [6, 6.07) is 29.3. The molecule has 0 N–H and O–H groups in total. The standard InChI is InChI=1S/C28H32N4O/c33-28(32-21-19-31(20-22-32)27-9-5-2-6-10-27)25-13-11-24(12-14-25)23-29-15-17-30(18-16-29)26-7-3-1-4-8-26/h1-14H,15-23H2. The highest BCUT2D eigenvalue weighted by Gasteiger charge is 2.22. The topological polar surface area (TPSA) is 30.0 Å². The van der Waals surface area contributed by atoms with Crippen LogP contribution in [0.1, 0.15) is 15.9 Å². The van der Waals surface area contributed by atoms with E-state index in [-0.39, 0.29) is 5.91 Å². The normalized spacial score (nSPS) is 17.3. The van der Waals surface area contributed by atoms with Crippen molar-refractivity contribution in [1.82, 2.24) is 9.80 Å². The van der Waals surface area contributed by atoms with Crippen LogP contribution in [0.15, 0.2) is 84.9 Å². The molecule has 0 unspecified atom stereocenters. The Morgan fingerprint density at radius 3 is 1.58 bits per heavy atom. The van der Waals surface area contributed by atoms with Gasteiger partial charge in [-0.3, -0.25) is 9.69 Å². The minimum atomic E-state index is 0.144. The second kappa shape index (κ2) is 10.1. The van der Waals surface area contributed by atoms with Gasteiger partial charge in [-0.05, 0) is 42.0 Å². The molecule has 5 rings (SSSR count). The molecule has 0 bridgehead atoms. The van der Waals surface area contributed by atoms with Crippen LogP contribution < -0.4 is 9.80 Å². The van der Waals surface area contributed by atoms with Crippen LogP contribution in [0.3, 0.4) is 0 Å². The van der Waals surface area contributed by atoms with Gasteiger partial charge in [-0.25, -0.2) is 0 Å². The SMILES string of the molecule is O=C(c1ccc(CN2CCN(c3ccccc3)CC2)cc1)N1CCN(c2ccccc2)CC1. The van der Waals surface area contributed by atoms with Crippen LogP contribution in [0.5, 0.6) is 0 Å². The fourth-order valence-electron chi connectivity index (χ4n) is 4.80. The van der Waals surface area contributed by atoms with E-state index in [1.165, 1.54) is 16.9 Å². The van der Waals surface area contributed by atoms with Crippen LogP contribution in [0.25, 0.3) is 0 Å². The first kappa shape index (κ1) is 21.5. The molecule has 3 aromatic rings. The average Bonchev–Trinajstić information content (AvgIpc) is 2.90. The Hall–Kier alpha value is -3.31. The van der Waals surface area contributed by atoms with Crippen LogP contribution in [0.4, 0.5) is 11.4 Å². The number of hydrogen-bond donors (Lipinski definition) is 0. The number of benzene rings is 3. The highest BCUT2D eigenvalue weighted by Crippen LogP contribution is 2.19. The number of carbonyl (C=O) groups is 1. The minimum absolute atomic E-state index is 0.144. The van der Waals surface area contributed by atoms with Gasteiger partial charge in [0.2, 0.25) is 0 Å². The zero-order valence-electron chi connectivity index (χ0n) is 19.1. The first-order chi connectivity index (χ1) is 16.3. The van der Waals surface area contributed by atoms with Gasteiger partial charge in [-0.1, -0.05) is 48.5 Å². The van der Waals surface area contributed by atoms with E-state index in [1.54, 1.807) is 0 Å². The summed E-state index contributed by atoms with van der Waals surface area (Å²) in [5.74, 6) is 0.144. The highest BCUT2D eigenvalue weighted by molar-refractivity contribution is 5.94. The van der Waals surface area contributed by atoms with Crippen molar-refractivity contribution in [3.05, 3.63) is 96.1 Å². The highest BCUT2D eigenvalue weighted by atomic mass is 16.2. The van der Waals surface area contributed by atoms with Gasteiger partial charge >= 0.3 is 0 Å². The molecule has 0 spiro atoms. The summed E-state index contributed by atoms with van der Waals surface area (Å²) in [7, 11) is 0. The Kier molecular flexibility index (Phi) is 6.58. The fourth-order valence-corrected chi connectivity index (χ4v) is 4.80. The Morgan fingerprint density at radius 2 is 1.06 bits per heavy atom. The number of amides is 1. The van der Waals surface area contributed by atoms with Gasteiger partial charge in [0.15, 0.2) is 0 Å². The maximum Gasteiger partial charge on any atom is 0.253 e. The van der Waals surface area contributed by atoms with Crippen molar-refractivity contribution in [3.8, 4) is 0 Å². The lowest BCUT2D eigenvalue weighted by Crippen LogP contribution is -2.48. The Balaban J connectivity index is 1.11. The molecular weight excluding hydrogens is 408 g/mol. The zero-order chi connectivity index (χ0) is 22.5. The summed E-state index contributed by atoms with van der Waals surface area (Å²) in [6.45, 7) is 8.44. The molecule has 33 heavy (non-hydrogen) atoms. The van der Waals surface area contributed by atoms with Crippen LogP contribution in [-0.2, 0) is 6.54 Å². The largest absolute Gasteiger partial charge is 0.369 e. The van der Waals surface area contributed by atoms with E-state index < -0.39 is 0 Å². The first-order valence-electron chi connectivity index (χ1n) is 12.0. The molecule has 1 amide bonds. The van der Waals surface area contributed by atoms with Crippen molar-refractivity contribution in [2.75, 3.05) is 62.2 Å². The molecule has 0 saturated carbocycles. The number of anilines is 2. The lowest BCUT2D eigenvalue weighted by molar-refractivity contribution is 0.0746. The summed E-state index contributed by atoms with van der Waals surface area (Å²) < 4.78 is 0. The third kappa shape index (κ3) is 5.20. The first-order valence-corrected chi connectivity index (χ1v) is 12.0. The maximum atomic E-state index is 13.0. The van der Waals surface area contributed by atoms with Gasteiger partial charge in [0.25, 0.3) is 5.91 Å². The van der Waals surface area contributed by atoms with Gasteiger partial charge in [0, 0.05) is 75.8 Å². The number of para-hydroxylation sites is 2. The third-order valence-electron chi connectivity index (χ3n) is 6.79. The number of rotatable bonds is 5. The average molecular weight is 441 g/mol. The summed E-state index contributed by atoms with van der Waals surface area (Å²) in [5, 5.41) is 0. The van der Waals surface area contributed by atoms with E-state index in [4.69, 9.17) is 0 Å². The molecular formula is C28H32N4O. The molecule has 0 radical (unpaired) electrons. The fraction of sp³-hybridized carbons (Fsp3) is 0.321. The zero-order valence-corrected chi connectivity index (χ0v) is 19.1. The second-order valence-corrected chi connectivity index (χ2v) is 8.91. The van der Waals surface area contributed by atoms with Crippen molar-refractivity contribution >= 4 is 17.3 Å². The minimum Gasteiger partial charge on any atom is -0.369 e. The van der Waals surface area contributed by atoms with Gasteiger partial charge < -0.3 is 14.7 Å². The summed E-state index contributed by atoms with van der Waals surface area (Å²) in [4.78, 5) is 22.3. The molecule has 0 aliphatic carbocycles. The quantitative estimate of drug-likeness (QED) is 0.601. The monoisotopic (exact) mass is 440 g/mol. The van der Waals surface area contributed by atoms with Crippen molar-refractivity contribution in [2.45, 2.75) is 6.54 Å². The van der Waals surface area contributed by atoms with Gasteiger partial charge in [0.05, 0.1) is 0 Å². The predicted octanol–water partition coefficient (Wildman–Crippen LogP) is 3.97.